The predicted molar refractivity (Wildman–Crippen MR) is 80.3 cm³/mol. The minimum absolute atomic E-state index is 0.111. The summed E-state index contributed by atoms with van der Waals surface area (Å²) in [5.41, 5.74) is 0. The third-order valence-electron chi connectivity index (χ3n) is 4.48. The molecular weight excluding hydrogens is 342 g/mol. The average molecular weight is 360 g/mol. The van der Waals surface area contributed by atoms with Crippen molar-refractivity contribution in [3.63, 3.8) is 0 Å². The largest absolute Gasteiger partial charge is 0.496 e. The third-order valence-corrected chi connectivity index (χ3v) is 6.59. The lowest BCUT2D eigenvalue weighted by Gasteiger charge is -2.22. The highest BCUT2D eigenvalue weighted by molar-refractivity contribution is 9.10. The molecule has 110 valence electrons. The van der Waals surface area contributed by atoms with Gasteiger partial charge in [0.25, 0.3) is 0 Å². The second-order valence-corrected chi connectivity index (χ2v) is 8.27. The summed E-state index contributed by atoms with van der Waals surface area (Å²) in [7, 11) is -1.89. The van der Waals surface area contributed by atoms with Crippen LogP contribution >= 0.6 is 15.9 Å². The van der Waals surface area contributed by atoms with E-state index in [2.05, 4.69) is 20.7 Å². The summed E-state index contributed by atoms with van der Waals surface area (Å²) < 4.78 is 33.5. The first kappa shape index (κ1) is 14.4. The van der Waals surface area contributed by atoms with Gasteiger partial charge < -0.3 is 4.74 Å². The molecular formula is C14H18BrNO3S. The van der Waals surface area contributed by atoms with Crippen molar-refractivity contribution in [3.05, 3.63) is 22.7 Å². The molecule has 3 atom stereocenters. The molecule has 0 saturated heterocycles. The molecule has 0 radical (unpaired) electrons. The maximum absolute atomic E-state index is 12.4. The predicted octanol–water partition coefficient (Wildman–Crippen LogP) is 2.92. The number of fused-ring (bicyclic) bond motifs is 2. The average Bonchev–Trinajstić information content (AvgIpc) is 3.00. The van der Waals surface area contributed by atoms with Crippen LogP contribution in [0.1, 0.15) is 25.7 Å². The molecule has 2 aliphatic carbocycles. The van der Waals surface area contributed by atoms with Crippen molar-refractivity contribution in [2.24, 2.45) is 11.8 Å². The Morgan fingerprint density at radius 2 is 2.10 bits per heavy atom. The molecule has 0 amide bonds. The van der Waals surface area contributed by atoms with Crippen LogP contribution in [-0.4, -0.2) is 21.6 Å². The van der Waals surface area contributed by atoms with E-state index in [1.54, 1.807) is 25.3 Å². The number of benzene rings is 1. The molecule has 2 bridgehead atoms. The van der Waals surface area contributed by atoms with Crippen molar-refractivity contribution in [2.75, 3.05) is 7.11 Å². The van der Waals surface area contributed by atoms with E-state index in [4.69, 9.17) is 4.74 Å². The van der Waals surface area contributed by atoms with Crippen LogP contribution in [-0.2, 0) is 10.0 Å². The zero-order valence-corrected chi connectivity index (χ0v) is 13.7. The summed E-state index contributed by atoms with van der Waals surface area (Å²) in [6.45, 7) is 0. The molecule has 0 aliphatic heterocycles. The lowest BCUT2D eigenvalue weighted by Crippen LogP contribution is -2.38. The normalized spacial score (nSPS) is 28.8. The van der Waals surface area contributed by atoms with Gasteiger partial charge in [0.1, 0.15) is 5.75 Å². The van der Waals surface area contributed by atoms with Crippen LogP contribution in [0.15, 0.2) is 27.6 Å². The Hall–Kier alpha value is -0.590. The summed E-state index contributed by atoms with van der Waals surface area (Å²) in [5.74, 6) is 1.87. The smallest absolute Gasteiger partial charge is 0.240 e. The molecule has 2 saturated carbocycles. The van der Waals surface area contributed by atoms with Gasteiger partial charge in [-0.2, -0.15) is 0 Å². The molecule has 0 aromatic heterocycles. The van der Waals surface area contributed by atoms with Gasteiger partial charge in [-0.05, 0) is 65.2 Å². The molecule has 0 unspecified atom stereocenters. The van der Waals surface area contributed by atoms with E-state index in [0.29, 0.717) is 16.1 Å². The van der Waals surface area contributed by atoms with Crippen molar-refractivity contribution < 1.29 is 13.2 Å². The number of halogens is 1. The van der Waals surface area contributed by atoms with Crippen molar-refractivity contribution in [1.82, 2.24) is 4.72 Å². The standard InChI is InChI=1S/C14H18BrNO3S/c1-19-14-5-4-11(8-12(14)15)20(17,18)16-13-7-9-2-3-10(13)6-9/h4-5,8-10,13,16H,2-3,6-7H2,1H3/t9-,10+,13+/m0/s1. The lowest BCUT2D eigenvalue weighted by molar-refractivity contribution is 0.390. The van der Waals surface area contributed by atoms with Gasteiger partial charge >= 0.3 is 0 Å². The van der Waals surface area contributed by atoms with Crippen molar-refractivity contribution >= 4 is 26.0 Å². The molecule has 1 aromatic carbocycles. The number of sulfonamides is 1. The van der Waals surface area contributed by atoms with Crippen molar-refractivity contribution in [1.29, 1.82) is 0 Å². The minimum atomic E-state index is -3.45. The SMILES string of the molecule is COc1ccc(S(=O)(=O)N[C@@H]2C[C@H]3CC[C@@H]2C3)cc1Br. The fraction of sp³-hybridized carbons (Fsp3) is 0.571. The molecule has 1 aromatic rings. The maximum Gasteiger partial charge on any atom is 0.240 e. The number of nitrogens with one attached hydrogen (secondary N) is 1. The van der Waals surface area contributed by atoms with E-state index in [-0.39, 0.29) is 10.9 Å². The van der Waals surface area contributed by atoms with Crippen LogP contribution < -0.4 is 9.46 Å². The number of ether oxygens (including phenoxy) is 1. The number of hydrogen-bond donors (Lipinski definition) is 1. The summed E-state index contributed by atoms with van der Waals surface area (Å²) in [5, 5.41) is 0. The number of hydrogen-bond acceptors (Lipinski definition) is 3. The van der Waals surface area contributed by atoms with Crippen molar-refractivity contribution in [3.8, 4) is 5.75 Å². The van der Waals surface area contributed by atoms with Crippen LogP contribution in [0.4, 0.5) is 0 Å². The third kappa shape index (κ3) is 2.61. The van der Waals surface area contributed by atoms with E-state index in [1.807, 2.05) is 0 Å². The molecule has 3 rings (SSSR count). The first-order valence-electron chi connectivity index (χ1n) is 6.85. The van der Waals surface area contributed by atoms with Crippen molar-refractivity contribution in [2.45, 2.75) is 36.6 Å². The Morgan fingerprint density at radius 1 is 1.30 bits per heavy atom. The van der Waals surface area contributed by atoms with E-state index >= 15 is 0 Å². The van der Waals surface area contributed by atoms with E-state index in [9.17, 15) is 8.42 Å². The zero-order valence-electron chi connectivity index (χ0n) is 11.3. The fourth-order valence-corrected chi connectivity index (χ4v) is 5.51. The van der Waals surface area contributed by atoms with Gasteiger partial charge in [-0.3, -0.25) is 0 Å². The van der Waals surface area contributed by atoms with E-state index in [0.717, 1.165) is 18.8 Å². The first-order valence-corrected chi connectivity index (χ1v) is 9.13. The first-order chi connectivity index (χ1) is 9.49. The second kappa shape index (κ2) is 5.31. The van der Waals surface area contributed by atoms with Crippen LogP contribution in [0.2, 0.25) is 0 Å². The van der Waals surface area contributed by atoms with E-state index < -0.39 is 10.0 Å². The molecule has 20 heavy (non-hydrogen) atoms. The van der Waals surface area contributed by atoms with Gasteiger partial charge in [-0.15, -0.1) is 0 Å². The number of methoxy groups -OCH3 is 1. The summed E-state index contributed by atoms with van der Waals surface area (Å²) in [6.07, 6.45) is 4.59. The van der Waals surface area contributed by atoms with Gasteiger partial charge in [0.15, 0.2) is 0 Å². The Balaban J connectivity index is 1.79. The van der Waals surface area contributed by atoms with E-state index in [1.165, 1.54) is 12.8 Å². The summed E-state index contributed by atoms with van der Waals surface area (Å²) >= 11 is 3.33. The van der Waals surface area contributed by atoms with Gasteiger partial charge in [-0.25, -0.2) is 13.1 Å². The Kier molecular flexibility index (Phi) is 3.81. The van der Waals surface area contributed by atoms with Gasteiger partial charge in [-0.1, -0.05) is 6.42 Å². The topological polar surface area (TPSA) is 55.4 Å². The van der Waals surface area contributed by atoms with Crippen LogP contribution in [0.3, 0.4) is 0 Å². The molecule has 0 spiro atoms. The Morgan fingerprint density at radius 3 is 2.65 bits per heavy atom. The molecule has 1 N–H and O–H groups in total. The fourth-order valence-electron chi connectivity index (χ4n) is 3.47. The lowest BCUT2D eigenvalue weighted by atomic mass is 9.96. The quantitative estimate of drug-likeness (QED) is 0.898. The summed E-state index contributed by atoms with van der Waals surface area (Å²) in [6, 6.07) is 4.95. The van der Waals surface area contributed by atoms with Crippen LogP contribution in [0, 0.1) is 11.8 Å². The van der Waals surface area contributed by atoms with Crippen LogP contribution in [0.25, 0.3) is 0 Å². The molecule has 4 nitrogen and oxygen atoms in total. The maximum atomic E-state index is 12.4. The highest BCUT2D eigenvalue weighted by atomic mass is 79.9. The monoisotopic (exact) mass is 359 g/mol. The zero-order chi connectivity index (χ0) is 14.3. The van der Waals surface area contributed by atoms with Gasteiger partial charge in [0.05, 0.1) is 16.5 Å². The minimum Gasteiger partial charge on any atom is -0.496 e. The molecule has 0 heterocycles. The molecule has 6 heteroatoms. The van der Waals surface area contributed by atoms with Crippen LogP contribution in [0.5, 0.6) is 5.75 Å². The highest BCUT2D eigenvalue weighted by Gasteiger charge is 2.41. The summed E-state index contributed by atoms with van der Waals surface area (Å²) in [4.78, 5) is 0.285. The molecule has 2 fully saturated rings. The number of rotatable bonds is 4. The molecule has 2 aliphatic rings. The van der Waals surface area contributed by atoms with Gasteiger partial charge in [0, 0.05) is 6.04 Å². The Labute approximate surface area is 128 Å². The highest BCUT2D eigenvalue weighted by Crippen LogP contribution is 2.44. The second-order valence-electron chi connectivity index (χ2n) is 5.70. The van der Waals surface area contributed by atoms with Gasteiger partial charge in [0.2, 0.25) is 10.0 Å². The Bertz CT molecular complexity index is 617.